The molecule has 0 radical (unpaired) electrons. The van der Waals surface area contributed by atoms with Crippen molar-refractivity contribution in [3.8, 4) is 11.5 Å². The molecule has 0 N–H and O–H groups in total. The van der Waals surface area contributed by atoms with Gasteiger partial charge >= 0.3 is 6.03 Å². The van der Waals surface area contributed by atoms with Gasteiger partial charge in [0.1, 0.15) is 23.9 Å². The number of halogens is 1. The third-order valence-electron chi connectivity index (χ3n) is 6.92. The number of benzene rings is 3. The molecule has 3 aromatic rings. The average Bonchev–Trinajstić information content (AvgIpc) is 3.32. The lowest BCUT2D eigenvalue weighted by atomic mass is 9.86. The van der Waals surface area contributed by atoms with Crippen molar-refractivity contribution in [2.24, 2.45) is 11.0 Å². The number of nitrogens with zero attached hydrogens (tertiary/aromatic N) is 4. The van der Waals surface area contributed by atoms with Crippen molar-refractivity contribution in [3.05, 3.63) is 95.3 Å². The summed E-state index contributed by atoms with van der Waals surface area (Å²) in [6.45, 7) is 2.25. The molecule has 2 amide bonds. The SMILES string of the molecule is CN(C)CCCN(C)C(=O)N1N=C2c3cc(F)ccc3OCC2C1c1cccc(OCc2ccccc2)c1. The van der Waals surface area contributed by atoms with Crippen LogP contribution in [0.5, 0.6) is 11.5 Å². The van der Waals surface area contributed by atoms with E-state index in [1.165, 1.54) is 17.1 Å². The third-order valence-corrected chi connectivity index (χ3v) is 6.92. The Bertz CT molecular complexity index is 1310. The van der Waals surface area contributed by atoms with Gasteiger partial charge < -0.3 is 19.3 Å². The molecule has 2 unspecified atom stereocenters. The molecular formula is C30H33FN4O3. The minimum atomic E-state index is -0.412. The van der Waals surface area contributed by atoms with E-state index in [1.54, 1.807) is 18.0 Å². The summed E-state index contributed by atoms with van der Waals surface area (Å²) in [5.74, 6) is 0.672. The molecule has 0 aliphatic carbocycles. The summed E-state index contributed by atoms with van der Waals surface area (Å²) in [4.78, 5) is 17.5. The van der Waals surface area contributed by atoms with Crippen LogP contribution in [-0.4, -0.2) is 67.4 Å². The van der Waals surface area contributed by atoms with E-state index in [1.807, 2.05) is 68.7 Å². The first-order valence-electron chi connectivity index (χ1n) is 12.9. The number of hydrogen-bond donors (Lipinski definition) is 0. The van der Waals surface area contributed by atoms with E-state index >= 15 is 0 Å². The van der Waals surface area contributed by atoms with Gasteiger partial charge in [-0.1, -0.05) is 42.5 Å². The summed E-state index contributed by atoms with van der Waals surface area (Å²) in [6.07, 6.45) is 0.841. The number of ether oxygens (including phenoxy) is 2. The predicted molar refractivity (Wildman–Crippen MR) is 145 cm³/mol. The first-order chi connectivity index (χ1) is 18.4. The second-order valence-electron chi connectivity index (χ2n) is 10.0. The van der Waals surface area contributed by atoms with E-state index in [9.17, 15) is 9.18 Å². The molecule has 0 spiro atoms. The van der Waals surface area contributed by atoms with E-state index in [4.69, 9.17) is 14.6 Å². The number of hydrazone groups is 1. The van der Waals surface area contributed by atoms with Crippen LogP contribution >= 0.6 is 0 Å². The molecule has 0 aromatic heterocycles. The van der Waals surface area contributed by atoms with Crippen LogP contribution in [0, 0.1) is 11.7 Å². The topological polar surface area (TPSA) is 57.6 Å². The van der Waals surface area contributed by atoms with E-state index in [2.05, 4.69) is 4.90 Å². The number of fused-ring (bicyclic) bond motifs is 3. The zero-order chi connectivity index (χ0) is 26.6. The Labute approximate surface area is 223 Å². The highest BCUT2D eigenvalue weighted by molar-refractivity contribution is 6.07. The van der Waals surface area contributed by atoms with Crippen LogP contribution < -0.4 is 9.47 Å². The second kappa shape index (κ2) is 11.2. The number of rotatable bonds is 8. The van der Waals surface area contributed by atoms with Crippen LogP contribution in [0.4, 0.5) is 9.18 Å². The summed E-state index contributed by atoms with van der Waals surface area (Å²) >= 11 is 0. The van der Waals surface area contributed by atoms with Crippen LogP contribution in [0.1, 0.15) is 29.2 Å². The molecule has 7 nitrogen and oxygen atoms in total. The number of hydrogen-bond acceptors (Lipinski definition) is 5. The Hall–Kier alpha value is -3.91. The minimum Gasteiger partial charge on any atom is -0.492 e. The Kier molecular flexibility index (Phi) is 7.60. The molecule has 198 valence electrons. The molecule has 8 heteroatoms. The maximum Gasteiger partial charge on any atom is 0.340 e. The molecule has 2 aliphatic rings. The zero-order valence-electron chi connectivity index (χ0n) is 22.0. The molecule has 2 atom stereocenters. The van der Waals surface area contributed by atoms with Crippen molar-refractivity contribution in [2.75, 3.05) is 40.8 Å². The van der Waals surface area contributed by atoms with Crippen LogP contribution in [0.15, 0.2) is 77.9 Å². The highest BCUT2D eigenvalue weighted by Crippen LogP contribution is 2.43. The van der Waals surface area contributed by atoms with E-state index in [0.29, 0.717) is 42.5 Å². The van der Waals surface area contributed by atoms with Crippen molar-refractivity contribution in [1.82, 2.24) is 14.8 Å². The lowest BCUT2D eigenvalue weighted by molar-refractivity contribution is 0.132. The molecule has 2 heterocycles. The Morgan fingerprint density at radius 1 is 1.05 bits per heavy atom. The van der Waals surface area contributed by atoms with E-state index < -0.39 is 6.04 Å². The van der Waals surface area contributed by atoms with E-state index in [0.717, 1.165) is 24.1 Å². The third kappa shape index (κ3) is 5.50. The average molecular weight is 517 g/mol. The number of carbonyl (C=O) groups excluding carboxylic acids is 1. The number of carbonyl (C=O) groups is 1. The monoisotopic (exact) mass is 516 g/mol. The first-order valence-corrected chi connectivity index (χ1v) is 12.9. The molecule has 5 rings (SSSR count). The maximum atomic E-state index is 14.2. The maximum absolute atomic E-state index is 14.2. The molecule has 0 saturated carbocycles. The van der Waals surface area contributed by atoms with Gasteiger partial charge in [-0.2, -0.15) is 5.10 Å². The highest BCUT2D eigenvalue weighted by atomic mass is 19.1. The molecular weight excluding hydrogens is 483 g/mol. The number of amides is 2. The van der Waals surface area contributed by atoms with Gasteiger partial charge in [0.25, 0.3) is 0 Å². The van der Waals surface area contributed by atoms with Crippen molar-refractivity contribution in [2.45, 2.75) is 19.1 Å². The van der Waals surface area contributed by atoms with Crippen LogP contribution in [0.3, 0.4) is 0 Å². The van der Waals surface area contributed by atoms with Gasteiger partial charge in [-0.25, -0.2) is 14.2 Å². The fourth-order valence-electron chi connectivity index (χ4n) is 4.96. The lowest BCUT2D eigenvalue weighted by Crippen LogP contribution is -2.41. The van der Waals surface area contributed by atoms with Crippen LogP contribution in [0.2, 0.25) is 0 Å². The van der Waals surface area contributed by atoms with Gasteiger partial charge in [0.2, 0.25) is 0 Å². The highest BCUT2D eigenvalue weighted by Gasteiger charge is 2.46. The summed E-state index contributed by atoms with van der Waals surface area (Å²) in [6, 6.07) is 21.6. The molecule has 0 fully saturated rings. The lowest BCUT2D eigenvalue weighted by Gasteiger charge is -2.31. The summed E-state index contributed by atoms with van der Waals surface area (Å²) < 4.78 is 26.3. The Morgan fingerprint density at radius 2 is 1.87 bits per heavy atom. The molecule has 0 bridgehead atoms. The molecule has 2 aliphatic heterocycles. The van der Waals surface area contributed by atoms with Gasteiger partial charge in [0, 0.05) is 19.2 Å². The van der Waals surface area contributed by atoms with Gasteiger partial charge in [-0.3, -0.25) is 0 Å². The van der Waals surface area contributed by atoms with Crippen molar-refractivity contribution in [3.63, 3.8) is 0 Å². The van der Waals surface area contributed by atoms with Gasteiger partial charge in [0.05, 0.1) is 24.3 Å². The minimum absolute atomic E-state index is 0.204. The Balaban J connectivity index is 1.44. The molecule has 38 heavy (non-hydrogen) atoms. The summed E-state index contributed by atoms with van der Waals surface area (Å²) in [7, 11) is 5.82. The Morgan fingerprint density at radius 3 is 2.66 bits per heavy atom. The van der Waals surface area contributed by atoms with Crippen molar-refractivity contribution < 1.29 is 18.7 Å². The molecule has 0 saturated heterocycles. The molecule has 3 aromatic carbocycles. The van der Waals surface area contributed by atoms with Crippen molar-refractivity contribution >= 4 is 11.7 Å². The van der Waals surface area contributed by atoms with Gasteiger partial charge in [0.15, 0.2) is 0 Å². The fourth-order valence-corrected chi connectivity index (χ4v) is 4.96. The second-order valence-corrected chi connectivity index (χ2v) is 10.0. The fraction of sp³-hybridized carbons (Fsp3) is 0.333. The zero-order valence-corrected chi connectivity index (χ0v) is 22.0. The number of urea groups is 1. The largest absolute Gasteiger partial charge is 0.492 e. The summed E-state index contributed by atoms with van der Waals surface area (Å²) in [5, 5.41) is 6.34. The predicted octanol–water partition coefficient (Wildman–Crippen LogP) is 5.18. The van der Waals surface area contributed by atoms with E-state index in [-0.39, 0.29) is 17.8 Å². The van der Waals surface area contributed by atoms with Gasteiger partial charge in [-0.15, -0.1) is 0 Å². The van der Waals surface area contributed by atoms with Gasteiger partial charge in [-0.05, 0) is 68.5 Å². The van der Waals surface area contributed by atoms with Crippen LogP contribution in [0.25, 0.3) is 0 Å². The summed E-state index contributed by atoms with van der Waals surface area (Å²) in [5.41, 5.74) is 3.22. The van der Waals surface area contributed by atoms with Crippen LogP contribution in [-0.2, 0) is 6.61 Å². The normalized spacial score (nSPS) is 17.9. The first kappa shape index (κ1) is 25.7. The van der Waals surface area contributed by atoms with Crippen molar-refractivity contribution in [1.29, 1.82) is 0 Å². The quantitative estimate of drug-likeness (QED) is 0.414. The standard InChI is InChI=1S/C30H33FN4O3/c1-33(2)15-8-16-34(3)30(36)35-29(26-20-38-27-14-13-23(31)18-25(27)28(26)32-35)22-11-7-12-24(17-22)37-19-21-9-5-4-6-10-21/h4-7,9-14,17-18,26,29H,8,15-16,19-20H2,1-3H3. The smallest absolute Gasteiger partial charge is 0.340 e.